The summed E-state index contributed by atoms with van der Waals surface area (Å²) in [4.78, 5) is 31.8. The number of likely N-dealkylation sites (tertiary alicyclic amines) is 1. The molecule has 1 saturated carbocycles. The minimum absolute atomic E-state index is 0.0131. The Bertz CT molecular complexity index is 816. The Balaban J connectivity index is 1.51. The number of carbonyl (C=O) groups is 2. The summed E-state index contributed by atoms with van der Waals surface area (Å²) in [7, 11) is 0. The maximum absolute atomic E-state index is 13.9. The van der Waals surface area contributed by atoms with Crippen LogP contribution in [0.15, 0.2) is 24.3 Å². The van der Waals surface area contributed by atoms with Gasteiger partial charge in [0.25, 0.3) is 0 Å². The van der Waals surface area contributed by atoms with E-state index in [1.807, 2.05) is 43.0 Å². The molecule has 0 atom stereocenters. The smallest absolute Gasteiger partial charge is 0.242 e. The van der Waals surface area contributed by atoms with Crippen LogP contribution in [0.1, 0.15) is 79.1 Å². The molecule has 5 nitrogen and oxygen atoms in total. The predicted molar refractivity (Wildman–Crippen MR) is 131 cm³/mol. The molecule has 0 unspecified atom stereocenters. The monoisotopic (exact) mass is 439 g/mol. The minimum atomic E-state index is -0.981. The standard InChI is InChI=1S/C27H41N3O2/c1-5-27(6-2)25(31)28-23-9-7-8-10-24(23)30(26(27)32)22-15-17-29(18-16-22)21-13-11-20(12-14-21)19(3)4/h7-10,19-22H,5-6,11-18H2,1-4H3,(H,28,31). The highest BCUT2D eigenvalue weighted by molar-refractivity contribution is 6.19. The normalized spacial score (nSPS) is 27.2. The number of benzene rings is 1. The van der Waals surface area contributed by atoms with Crippen molar-refractivity contribution >= 4 is 23.2 Å². The Kier molecular flexibility index (Phi) is 6.94. The average Bonchev–Trinajstić information content (AvgIpc) is 2.91. The van der Waals surface area contributed by atoms with Crippen molar-refractivity contribution in [2.24, 2.45) is 17.3 Å². The van der Waals surface area contributed by atoms with Crippen molar-refractivity contribution in [2.45, 2.75) is 91.1 Å². The highest BCUT2D eigenvalue weighted by Crippen LogP contribution is 2.42. The molecule has 2 aliphatic heterocycles. The van der Waals surface area contributed by atoms with Gasteiger partial charge in [0, 0.05) is 25.2 Å². The van der Waals surface area contributed by atoms with E-state index >= 15 is 0 Å². The van der Waals surface area contributed by atoms with Crippen molar-refractivity contribution in [1.82, 2.24) is 4.90 Å². The maximum Gasteiger partial charge on any atom is 0.242 e. The Labute approximate surface area is 193 Å². The van der Waals surface area contributed by atoms with Crippen molar-refractivity contribution in [2.75, 3.05) is 23.3 Å². The molecule has 0 spiro atoms. The third-order valence-corrected chi connectivity index (χ3v) is 8.75. The van der Waals surface area contributed by atoms with Gasteiger partial charge in [0.05, 0.1) is 11.4 Å². The van der Waals surface area contributed by atoms with E-state index in [-0.39, 0.29) is 17.9 Å². The number of nitrogens with one attached hydrogen (secondary N) is 1. The zero-order valence-electron chi connectivity index (χ0n) is 20.4. The predicted octanol–water partition coefficient (Wildman–Crippen LogP) is 5.46. The van der Waals surface area contributed by atoms with Crippen LogP contribution in [0.2, 0.25) is 0 Å². The highest BCUT2D eigenvalue weighted by atomic mass is 16.2. The van der Waals surface area contributed by atoms with Crippen molar-refractivity contribution in [1.29, 1.82) is 0 Å². The molecule has 176 valence electrons. The number of hydrogen-bond acceptors (Lipinski definition) is 3. The molecular formula is C27H41N3O2. The molecular weight excluding hydrogens is 398 g/mol. The van der Waals surface area contributed by atoms with E-state index in [9.17, 15) is 9.59 Å². The molecule has 1 aromatic carbocycles. The highest BCUT2D eigenvalue weighted by Gasteiger charge is 2.50. The summed E-state index contributed by atoms with van der Waals surface area (Å²) in [6.45, 7) is 10.7. The van der Waals surface area contributed by atoms with E-state index in [4.69, 9.17) is 0 Å². The number of piperidine rings is 1. The number of anilines is 2. The van der Waals surface area contributed by atoms with Gasteiger partial charge in [-0.05, 0) is 75.3 Å². The number of rotatable bonds is 5. The summed E-state index contributed by atoms with van der Waals surface area (Å²) < 4.78 is 0. The SMILES string of the molecule is CCC1(CC)C(=O)Nc2ccccc2N(C2CCN(C3CCC(C(C)C)CC3)CC2)C1=O. The fourth-order valence-corrected chi connectivity index (χ4v) is 6.35. The summed E-state index contributed by atoms with van der Waals surface area (Å²) in [6, 6.07) is 8.68. The van der Waals surface area contributed by atoms with Crippen molar-refractivity contribution in [3.63, 3.8) is 0 Å². The van der Waals surface area contributed by atoms with Gasteiger partial charge in [-0.1, -0.05) is 39.8 Å². The third kappa shape index (κ3) is 4.09. The molecule has 2 fully saturated rings. The second-order valence-corrected chi connectivity index (χ2v) is 10.5. The van der Waals surface area contributed by atoms with Crippen molar-refractivity contribution < 1.29 is 9.59 Å². The molecule has 3 aliphatic rings. The zero-order valence-corrected chi connectivity index (χ0v) is 20.4. The van der Waals surface area contributed by atoms with Gasteiger partial charge in [-0.15, -0.1) is 0 Å². The number of fused-ring (bicyclic) bond motifs is 1. The number of para-hydroxylation sites is 2. The first-order chi connectivity index (χ1) is 15.4. The topological polar surface area (TPSA) is 52.7 Å². The molecule has 0 radical (unpaired) electrons. The molecule has 1 aromatic rings. The number of hydrogen-bond donors (Lipinski definition) is 1. The van der Waals surface area contributed by atoms with Crippen LogP contribution in [-0.4, -0.2) is 41.9 Å². The van der Waals surface area contributed by atoms with Gasteiger partial charge in [-0.25, -0.2) is 0 Å². The summed E-state index contributed by atoms with van der Waals surface area (Å²) in [5.74, 6) is 1.52. The first-order valence-corrected chi connectivity index (χ1v) is 12.9. The van der Waals surface area contributed by atoms with E-state index in [0.717, 1.165) is 49.1 Å². The van der Waals surface area contributed by atoms with Gasteiger partial charge in [-0.2, -0.15) is 0 Å². The van der Waals surface area contributed by atoms with Gasteiger partial charge in [0.2, 0.25) is 11.8 Å². The van der Waals surface area contributed by atoms with E-state index in [2.05, 4.69) is 24.1 Å². The lowest BCUT2D eigenvalue weighted by molar-refractivity contribution is -0.139. The first kappa shape index (κ1) is 23.3. The molecule has 1 saturated heterocycles. The molecule has 0 aromatic heterocycles. The maximum atomic E-state index is 13.9. The Morgan fingerprint density at radius 1 is 0.938 bits per heavy atom. The van der Waals surface area contributed by atoms with Crippen LogP contribution >= 0.6 is 0 Å². The number of nitrogens with zero attached hydrogens (tertiary/aromatic N) is 2. The Hall–Kier alpha value is -1.88. The van der Waals surface area contributed by atoms with Gasteiger partial charge in [0.1, 0.15) is 5.41 Å². The van der Waals surface area contributed by atoms with E-state index in [0.29, 0.717) is 18.9 Å². The Morgan fingerprint density at radius 3 is 2.16 bits per heavy atom. The average molecular weight is 440 g/mol. The molecule has 5 heteroatoms. The van der Waals surface area contributed by atoms with Gasteiger partial charge in [0.15, 0.2) is 0 Å². The second-order valence-electron chi connectivity index (χ2n) is 10.5. The lowest BCUT2D eigenvalue weighted by Gasteiger charge is -2.44. The van der Waals surface area contributed by atoms with Crippen LogP contribution in [0, 0.1) is 17.3 Å². The van der Waals surface area contributed by atoms with Crippen LogP contribution in [0.3, 0.4) is 0 Å². The fourth-order valence-electron chi connectivity index (χ4n) is 6.35. The van der Waals surface area contributed by atoms with E-state index < -0.39 is 5.41 Å². The van der Waals surface area contributed by atoms with Crippen molar-refractivity contribution in [3.05, 3.63) is 24.3 Å². The van der Waals surface area contributed by atoms with E-state index in [1.165, 1.54) is 25.7 Å². The molecule has 4 rings (SSSR count). The van der Waals surface area contributed by atoms with Crippen LogP contribution in [0.4, 0.5) is 11.4 Å². The second kappa shape index (κ2) is 9.54. The van der Waals surface area contributed by atoms with Gasteiger partial charge >= 0.3 is 0 Å². The van der Waals surface area contributed by atoms with Crippen LogP contribution in [-0.2, 0) is 9.59 Å². The summed E-state index contributed by atoms with van der Waals surface area (Å²) >= 11 is 0. The van der Waals surface area contributed by atoms with Crippen molar-refractivity contribution in [3.8, 4) is 0 Å². The Morgan fingerprint density at radius 2 is 1.56 bits per heavy atom. The summed E-state index contributed by atoms with van der Waals surface area (Å²) in [5, 5.41) is 3.08. The molecule has 1 aliphatic carbocycles. The third-order valence-electron chi connectivity index (χ3n) is 8.75. The lowest BCUT2D eigenvalue weighted by Crippen LogP contribution is -2.55. The zero-order chi connectivity index (χ0) is 22.9. The van der Waals surface area contributed by atoms with Crippen LogP contribution in [0.5, 0.6) is 0 Å². The largest absolute Gasteiger partial charge is 0.323 e. The summed E-state index contributed by atoms with van der Waals surface area (Å²) in [5.41, 5.74) is 0.653. The lowest BCUT2D eigenvalue weighted by atomic mass is 9.78. The summed E-state index contributed by atoms with van der Waals surface area (Å²) in [6.07, 6.45) is 8.32. The molecule has 0 bridgehead atoms. The minimum Gasteiger partial charge on any atom is -0.323 e. The van der Waals surface area contributed by atoms with Crippen LogP contribution in [0.25, 0.3) is 0 Å². The fraction of sp³-hybridized carbons (Fsp3) is 0.704. The van der Waals surface area contributed by atoms with Crippen LogP contribution < -0.4 is 10.2 Å². The molecule has 2 heterocycles. The van der Waals surface area contributed by atoms with Gasteiger partial charge in [-0.3, -0.25) is 9.59 Å². The number of carbonyl (C=O) groups excluding carboxylic acids is 2. The van der Waals surface area contributed by atoms with Gasteiger partial charge < -0.3 is 15.1 Å². The number of amides is 2. The quantitative estimate of drug-likeness (QED) is 0.620. The van der Waals surface area contributed by atoms with E-state index in [1.54, 1.807) is 0 Å². The first-order valence-electron chi connectivity index (χ1n) is 12.9. The molecule has 2 amide bonds. The molecule has 32 heavy (non-hydrogen) atoms. The molecule has 1 N–H and O–H groups in total.